The lowest BCUT2D eigenvalue weighted by Crippen LogP contribution is -2.52. The van der Waals surface area contributed by atoms with Gasteiger partial charge in [-0.05, 0) is 93.3 Å². The van der Waals surface area contributed by atoms with Gasteiger partial charge in [-0.2, -0.15) is 0 Å². The second-order valence-electron chi connectivity index (χ2n) is 11.8. The van der Waals surface area contributed by atoms with Crippen molar-refractivity contribution in [1.82, 2.24) is 20.4 Å². The molecule has 0 bridgehead atoms. The van der Waals surface area contributed by atoms with Crippen molar-refractivity contribution in [3.63, 3.8) is 0 Å². The van der Waals surface area contributed by atoms with Crippen LogP contribution < -0.4 is 10.6 Å². The van der Waals surface area contributed by atoms with E-state index in [9.17, 15) is 28.3 Å². The Bertz CT molecular complexity index is 1250. The number of rotatable bonds is 15. The molecule has 242 valence electrons. The highest BCUT2D eigenvalue weighted by Crippen LogP contribution is 2.17. The van der Waals surface area contributed by atoms with Crippen molar-refractivity contribution in [1.29, 1.82) is 0 Å². The number of benzene rings is 2. The van der Waals surface area contributed by atoms with Crippen LogP contribution in [-0.2, 0) is 11.2 Å². The number of aliphatic hydroxyl groups is 1. The molecule has 0 saturated carbocycles. The summed E-state index contributed by atoms with van der Waals surface area (Å²) in [5, 5.41) is 17.3. The second kappa shape index (κ2) is 17.2. The fourth-order valence-electron chi connectivity index (χ4n) is 5.78. The number of likely N-dealkylation sites (tertiary alicyclic amines) is 1. The molecule has 44 heavy (non-hydrogen) atoms. The zero-order valence-electron chi connectivity index (χ0n) is 26.5. The van der Waals surface area contributed by atoms with Crippen molar-refractivity contribution >= 4 is 17.7 Å². The quantitative estimate of drug-likeness (QED) is 0.272. The third-order valence-corrected chi connectivity index (χ3v) is 7.87. The fraction of sp³-hybridized carbons (Fsp3) is 0.559. The summed E-state index contributed by atoms with van der Waals surface area (Å²) in [6.45, 7) is 10.4. The Morgan fingerprint density at radius 1 is 0.977 bits per heavy atom. The molecule has 8 nitrogen and oxygen atoms in total. The van der Waals surface area contributed by atoms with Gasteiger partial charge >= 0.3 is 0 Å². The van der Waals surface area contributed by atoms with Crippen LogP contribution in [0.5, 0.6) is 0 Å². The maximum atomic E-state index is 14.0. The average Bonchev–Trinajstić information content (AvgIpc) is 3.15. The first kappa shape index (κ1) is 35.1. The minimum Gasteiger partial charge on any atom is -0.390 e. The maximum absolute atomic E-state index is 14.0. The van der Waals surface area contributed by atoms with Crippen LogP contribution in [0.3, 0.4) is 0 Å². The number of halogens is 2. The molecule has 1 saturated heterocycles. The standard InChI is InChI=1S/C34H48F2N4O4/c1-5-11-39(12-6-2)33(43)26-16-23(4)15-25(20-26)32(42)38-30(19-24-17-27(35)21-28(36)18-24)31(41)22-37-29-10-8-9-14-40(13-7-3)34(29)44/h15-18,20-21,29-31,37,41H,5-14,19,22H2,1-4H3,(H,38,42)/t29-,30+,31-/m1/s1. The van der Waals surface area contributed by atoms with E-state index < -0.39 is 35.7 Å². The highest BCUT2D eigenvalue weighted by atomic mass is 19.1. The van der Waals surface area contributed by atoms with Gasteiger partial charge in [0.05, 0.1) is 18.2 Å². The summed E-state index contributed by atoms with van der Waals surface area (Å²) in [5.74, 6) is -2.22. The maximum Gasteiger partial charge on any atom is 0.253 e. The summed E-state index contributed by atoms with van der Waals surface area (Å²) in [6.07, 6.45) is 3.63. The van der Waals surface area contributed by atoms with Gasteiger partial charge in [0.2, 0.25) is 5.91 Å². The molecule has 1 aliphatic heterocycles. The summed E-state index contributed by atoms with van der Waals surface area (Å²) in [4.78, 5) is 43.6. The molecule has 0 radical (unpaired) electrons. The molecule has 1 heterocycles. The molecule has 1 fully saturated rings. The monoisotopic (exact) mass is 614 g/mol. The van der Waals surface area contributed by atoms with Crippen LogP contribution >= 0.6 is 0 Å². The van der Waals surface area contributed by atoms with Gasteiger partial charge < -0.3 is 25.5 Å². The molecule has 3 N–H and O–H groups in total. The molecule has 0 spiro atoms. The number of hydrogen-bond donors (Lipinski definition) is 3. The summed E-state index contributed by atoms with van der Waals surface area (Å²) in [6, 6.07) is 6.63. The highest BCUT2D eigenvalue weighted by molar-refractivity contribution is 6.00. The Kier molecular flexibility index (Phi) is 13.7. The van der Waals surface area contributed by atoms with E-state index in [0.29, 0.717) is 38.2 Å². The molecule has 0 aromatic heterocycles. The largest absolute Gasteiger partial charge is 0.390 e. The van der Waals surface area contributed by atoms with Crippen LogP contribution in [0.1, 0.15) is 91.1 Å². The van der Waals surface area contributed by atoms with E-state index in [1.165, 1.54) is 12.1 Å². The molecule has 3 amide bonds. The Hall–Kier alpha value is -3.37. The minimum atomic E-state index is -1.18. The number of carbonyl (C=O) groups is 3. The zero-order chi connectivity index (χ0) is 32.2. The molecule has 2 aromatic carbocycles. The molecule has 1 aliphatic rings. The van der Waals surface area contributed by atoms with Crippen LogP contribution in [0, 0.1) is 18.6 Å². The lowest BCUT2D eigenvalue weighted by atomic mass is 9.99. The number of nitrogens with one attached hydrogen (secondary N) is 2. The molecule has 3 rings (SSSR count). The first-order valence-electron chi connectivity index (χ1n) is 15.9. The lowest BCUT2D eigenvalue weighted by Gasteiger charge is -2.28. The van der Waals surface area contributed by atoms with Gasteiger partial charge in [-0.1, -0.05) is 20.8 Å². The van der Waals surface area contributed by atoms with Gasteiger partial charge in [0.1, 0.15) is 11.6 Å². The Morgan fingerprint density at radius 3 is 2.27 bits per heavy atom. The Balaban J connectivity index is 1.83. The fourth-order valence-corrected chi connectivity index (χ4v) is 5.78. The van der Waals surface area contributed by atoms with Gasteiger partial charge in [0, 0.05) is 49.9 Å². The molecule has 2 aromatic rings. The second-order valence-corrected chi connectivity index (χ2v) is 11.8. The molecule has 3 atom stereocenters. The summed E-state index contributed by atoms with van der Waals surface area (Å²) < 4.78 is 28.1. The van der Waals surface area contributed by atoms with Gasteiger partial charge in [0.25, 0.3) is 11.8 Å². The van der Waals surface area contributed by atoms with E-state index in [4.69, 9.17) is 0 Å². The summed E-state index contributed by atoms with van der Waals surface area (Å²) in [5.41, 5.74) is 1.63. The third kappa shape index (κ3) is 10.1. The van der Waals surface area contributed by atoms with Crippen molar-refractivity contribution < 1.29 is 28.3 Å². The van der Waals surface area contributed by atoms with Gasteiger partial charge in [-0.25, -0.2) is 8.78 Å². The molecule has 0 unspecified atom stereocenters. The zero-order valence-corrected chi connectivity index (χ0v) is 26.5. The van der Waals surface area contributed by atoms with Crippen LogP contribution in [0.25, 0.3) is 0 Å². The number of amides is 3. The van der Waals surface area contributed by atoms with E-state index in [-0.39, 0.29) is 35.9 Å². The number of carbonyl (C=O) groups excluding carboxylic acids is 3. The van der Waals surface area contributed by atoms with Gasteiger partial charge in [-0.15, -0.1) is 0 Å². The SMILES string of the molecule is CCCN(CCC)C(=O)c1cc(C)cc(C(=O)N[C@@H](Cc2cc(F)cc(F)c2)[C@H](O)CN[C@@H]2CCCCN(CCC)C2=O)c1. The normalized spacial score (nSPS) is 16.8. The van der Waals surface area contributed by atoms with Crippen LogP contribution in [0.15, 0.2) is 36.4 Å². The summed E-state index contributed by atoms with van der Waals surface area (Å²) in [7, 11) is 0. The van der Waals surface area contributed by atoms with E-state index in [1.807, 2.05) is 25.7 Å². The predicted octanol–water partition coefficient (Wildman–Crippen LogP) is 4.62. The van der Waals surface area contributed by atoms with E-state index in [2.05, 4.69) is 10.6 Å². The lowest BCUT2D eigenvalue weighted by molar-refractivity contribution is -0.133. The Labute approximate surface area is 260 Å². The molecular weight excluding hydrogens is 566 g/mol. The van der Waals surface area contributed by atoms with Gasteiger partial charge in [0.15, 0.2) is 0 Å². The number of hydrogen-bond acceptors (Lipinski definition) is 5. The van der Waals surface area contributed by atoms with E-state index in [1.54, 1.807) is 30.0 Å². The molecule has 0 aliphatic carbocycles. The first-order chi connectivity index (χ1) is 21.1. The Morgan fingerprint density at radius 2 is 1.64 bits per heavy atom. The summed E-state index contributed by atoms with van der Waals surface area (Å²) >= 11 is 0. The van der Waals surface area contributed by atoms with E-state index >= 15 is 0 Å². The van der Waals surface area contributed by atoms with Crippen LogP contribution in [0.4, 0.5) is 8.78 Å². The molecule has 10 heteroatoms. The van der Waals surface area contributed by atoms with Gasteiger partial charge in [-0.3, -0.25) is 14.4 Å². The first-order valence-corrected chi connectivity index (χ1v) is 15.9. The van der Waals surface area contributed by atoms with Crippen molar-refractivity contribution in [2.45, 2.75) is 90.8 Å². The topological polar surface area (TPSA) is 102 Å². The number of nitrogens with zero attached hydrogens (tertiary/aromatic N) is 2. The third-order valence-electron chi connectivity index (χ3n) is 7.87. The van der Waals surface area contributed by atoms with Crippen molar-refractivity contribution in [3.05, 3.63) is 70.3 Å². The average molecular weight is 615 g/mol. The predicted molar refractivity (Wildman–Crippen MR) is 168 cm³/mol. The highest BCUT2D eigenvalue weighted by Gasteiger charge is 2.29. The van der Waals surface area contributed by atoms with Crippen LogP contribution in [-0.4, -0.2) is 83.5 Å². The smallest absolute Gasteiger partial charge is 0.253 e. The van der Waals surface area contributed by atoms with E-state index in [0.717, 1.165) is 43.7 Å². The minimum absolute atomic E-state index is 0.0125. The number of aliphatic hydroxyl groups excluding tert-OH is 1. The van der Waals surface area contributed by atoms with Crippen LogP contribution in [0.2, 0.25) is 0 Å². The number of aryl methyl sites for hydroxylation is 1. The molecular formula is C34H48F2N4O4. The van der Waals surface area contributed by atoms with Crippen molar-refractivity contribution in [2.75, 3.05) is 32.7 Å². The van der Waals surface area contributed by atoms with Crippen molar-refractivity contribution in [2.24, 2.45) is 0 Å². The van der Waals surface area contributed by atoms with Crippen molar-refractivity contribution in [3.8, 4) is 0 Å².